The van der Waals surface area contributed by atoms with E-state index in [1.54, 1.807) is 18.6 Å². The molecule has 9 heteroatoms. The number of anilines is 2. The number of amides is 1. The van der Waals surface area contributed by atoms with Gasteiger partial charge in [-0.3, -0.25) is 4.72 Å². The Bertz CT molecular complexity index is 543. The normalized spacial score (nSPS) is 10.8. The average molecular weight is 274 g/mol. The molecule has 0 fully saturated rings. The van der Waals surface area contributed by atoms with Gasteiger partial charge in [-0.15, -0.1) is 0 Å². The summed E-state index contributed by atoms with van der Waals surface area (Å²) in [5, 5.41) is 0. The van der Waals surface area contributed by atoms with E-state index in [0.29, 0.717) is 11.3 Å². The highest BCUT2D eigenvalue weighted by Crippen LogP contribution is 2.13. The summed E-state index contributed by atoms with van der Waals surface area (Å²) in [6, 6.07) is 1.44. The molecule has 0 saturated heterocycles. The van der Waals surface area contributed by atoms with Crippen LogP contribution in [0.1, 0.15) is 12.5 Å². The lowest BCUT2D eigenvalue weighted by Crippen LogP contribution is -2.36. The highest BCUT2D eigenvalue weighted by atomic mass is 32.2. The highest BCUT2D eigenvalue weighted by molar-refractivity contribution is 7.91. The van der Waals surface area contributed by atoms with Crippen LogP contribution in [0, 0.1) is 6.92 Å². The zero-order chi connectivity index (χ0) is 13.8. The van der Waals surface area contributed by atoms with Crippen LogP contribution in [-0.4, -0.2) is 26.1 Å². The number of carbonyl (C=O) groups is 1. The maximum absolute atomic E-state index is 11.5. The molecule has 0 aromatic carbocycles. The van der Waals surface area contributed by atoms with Crippen LogP contribution in [0.4, 0.5) is 16.3 Å². The van der Waals surface area contributed by atoms with Gasteiger partial charge in [-0.1, -0.05) is 0 Å². The Labute approximate surface area is 105 Å². The molecule has 0 atom stereocenters. The Morgan fingerprint density at radius 2 is 2.22 bits per heavy atom. The van der Waals surface area contributed by atoms with Gasteiger partial charge in [0, 0.05) is 0 Å². The topological polar surface area (TPSA) is 123 Å². The number of rotatable bonds is 4. The van der Waals surface area contributed by atoms with Gasteiger partial charge in [-0.25, -0.2) is 14.5 Å². The minimum absolute atomic E-state index is 0.0542. The van der Waals surface area contributed by atoms with Crippen LogP contribution in [0.5, 0.6) is 0 Å². The van der Waals surface area contributed by atoms with Crippen molar-refractivity contribution >= 4 is 27.8 Å². The van der Waals surface area contributed by atoms with Gasteiger partial charge in [0.15, 0.2) is 0 Å². The van der Waals surface area contributed by atoms with Gasteiger partial charge in [0.2, 0.25) is 0 Å². The minimum Gasteiger partial charge on any atom is -0.449 e. The fourth-order valence-electron chi connectivity index (χ4n) is 1.06. The molecule has 8 nitrogen and oxygen atoms in total. The van der Waals surface area contributed by atoms with Crippen molar-refractivity contribution in [2.45, 2.75) is 13.8 Å². The number of nitrogens with two attached hydrogens (primary N) is 1. The quantitative estimate of drug-likeness (QED) is 0.729. The molecule has 0 unspecified atom stereocenters. The summed E-state index contributed by atoms with van der Waals surface area (Å²) in [7, 11) is -4.06. The number of aromatic nitrogens is 1. The van der Waals surface area contributed by atoms with Gasteiger partial charge in [0.25, 0.3) is 0 Å². The number of pyridine rings is 1. The van der Waals surface area contributed by atoms with E-state index in [2.05, 4.69) is 14.4 Å². The number of nitrogens with zero attached hydrogens (tertiary/aromatic N) is 1. The van der Waals surface area contributed by atoms with Crippen LogP contribution in [0.25, 0.3) is 0 Å². The molecule has 0 aliphatic carbocycles. The number of nitrogens with one attached hydrogen (secondary N) is 2. The lowest BCUT2D eigenvalue weighted by Gasteiger charge is -2.09. The van der Waals surface area contributed by atoms with E-state index in [1.165, 1.54) is 12.3 Å². The molecule has 100 valence electrons. The van der Waals surface area contributed by atoms with E-state index >= 15 is 0 Å². The van der Waals surface area contributed by atoms with Crippen LogP contribution in [-0.2, 0) is 14.9 Å². The fraction of sp³-hybridized carbons (Fsp3) is 0.333. The van der Waals surface area contributed by atoms with Gasteiger partial charge in [-0.2, -0.15) is 8.42 Å². The third-order valence-corrected chi connectivity index (χ3v) is 2.80. The molecule has 1 rings (SSSR count). The first-order valence-corrected chi connectivity index (χ1v) is 6.52. The summed E-state index contributed by atoms with van der Waals surface area (Å²) in [6.45, 7) is 3.33. The van der Waals surface area contributed by atoms with E-state index in [4.69, 9.17) is 5.73 Å². The first kappa shape index (κ1) is 14.0. The van der Waals surface area contributed by atoms with Gasteiger partial charge in [0.05, 0.1) is 18.5 Å². The van der Waals surface area contributed by atoms with Gasteiger partial charge in [0.1, 0.15) is 5.82 Å². The molecular weight excluding hydrogens is 260 g/mol. The Morgan fingerprint density at radius 3 is 2.78 bits per heavy atom. The standard InChI is InChI=1S/C9H14N4O4S/c1-3-17-9(14)13-18(15,16)12-8-4-6(2)7(10)5-11-8/h4-5H,3,10H2,1-2H3,(H,11,12)(H,13,14). The van der Waals surface area contributed by atoms with Gasteiger partial charge >= 0.3 is 16.3 Å². The van der Waals surface area contributed by atoms with Crippen molar-refractivity contribution in [2.24, 2.45) is 0 Å². The van der Waals surface area contributed by atoms with Crippen molar-refractivity contribution in [1.82, 2.24) is 9.71 Å². The lowest BCUT2D eigenvalue weighted by atomic mass is 10.2. The second-order valence-electron chi connectivity index (χ2n) is 3.35. The monoisotopic (exact) mass is 274 g/mol. The van der Waals surface area contributed by atoms with E-state index in [1.807, 2.05) is 0 Å². The third kappa shape index (κ3) is 4.09. The molecule has 1 heterocycles. The zero-order valence-corrected chi connectivity index (χ0v) is 10.7. The highest BCUT2D eigenvalue weighted by Gasteiger charge is 2.15. The Hall–Kier alpha value is -2.03. The number of carbonyl (C=O) groups excluding carboxylic acids is 1. The second kappa shape index (κ2) is 5.54. The summed E-state index contributed by atoms with van der Waals surface area (Å²) >= 11 is 0. The predicted octanol–water partition coefficient (Wildman–Crippen LogP) is 0.375. The van der Waals surface area contributed by atoms with Crippen molar-refractivity contribution < 1.29 is 17.9 Å². The first-order valence-electron chi connectivity index (χ1n) is 5.03. The molecule has 18 heavy (non-hydrogen) atoms. The number of hydrogen-bond acceptors (Lipinski definition) is 6. The molecule has 0 aliphatic heterocycles. The summed E-state index contributed by atoms with van der Waals surface area (Å²) in [4.78, 5) is 14.7. The van der Waals surface area contributed by atoms with E-state index in [9.17, 15) is 13.2 Å². The maximum atomic E-state index is 11.5. The van der Waals surface area contributed by atoms with Crippen molar-refractivity contribution in [3.05, 3.63) is 17.8 Å². The third-order valence-electron chi connectivity index (χ3n) is 1.88. The Balaban J connectivity index is 2.76. The van der Waals surface area contributed by atoms with E-state index in [-0.39, 0.29) is 12.4 Å². The molecule has 0 spiro atoms. The summed E-state index contributed by atoms with van der Waals surface area (Å²) < 4.78 is 31.2. The molecule has 4 N–H and O–H groups in total. The molecule has 1 aromatic rings. The molecule has 0 aliphatic rings. The zero-order valence-electron chi connectivity index (χ0n) is 9.93. The summed E-state index contributed by atoms with van der Waals surface area (Å²) in [5.41, 5.74) is 6.65. The average Bonchev–Trinajstić information content (AvgIpc) is 2.22. The Kier molecular flexibility index (Phi) is 4.32. The molecule has 0 radical (unpaired) electrons. The number of hydrogen-bond donors (Lipinski definition) is 3. The molecule has 1 amide bonds. The van der Waals surface area contributed by atoms with Crippen molar-refractivity contribution in [3.8, 4) is 0 Å². The predicted molar refractivity (Wildman–Crippen MR) is 66.1 cm³/mol. The van der Waals surface area contributed by atoms with Crippen molar-refractivity contribution in [3.63, 3.8) is 0 Å². The summed E-state index contributed by atoms with van der Waals surface area (Å²) in [5.74, 6) is 0.0542. The number of aryl methyl sites for hydroxylation is 1. The number of nitrogen functional groups attached to an aromatic ring is 1. The molecule has 0 bridgehead atoms. The maximum Gasteiger partial charge on any atom is 0.422 e. The van der Waals surface area contributed by atoms with Crippen LogP contribution in [0.15, 0.2) is 12.3 Å². The fourth-order valence-corrected chi connectivity index (χ4v) is 1.77. The van der Waals surface area contributed by atoms with Gasteiger partial charge < -0.3 is 10.5 Å². The Morgan fingerprint density at radius 1 is 1.56 bits per heavy atom. The number of ether oxygens (including phenoxy) is 1. The van der Waals surface area contributed by atoms with Crippen molar-refractivity contribution in [2.75, 3.05) is 17.1 Å². The molecular formula is C9H14N4O4S. The second-order valence-corrected chi connectivity index (χ2v) is 4.77. The minimum atomic E-state index is -4.06. The molecule has 1 aromatic heterocycles. The van der Waals surface area contributed by atoms with E-state index < -0.39 is 16.3 Å². The van der Waals surface area contributed by atoms with Gasteiger partial charge in [-0.05, 0) is 25.5 Å². The van der Waals surface area contributed by atoms with E-state index in [0.717, 1.165) is 0 Å². The largest absolute Gasteiger partial charge is 0.449 e. The van der Waals surface area contributed by atoms with Crippen LogP contribution in [0.2, 0.25) is 0 Å². The van der Waals surface area contributed by atoms with Crippen LogP contribution in [0.3, 0.4) is 0 Å². The summed E-state index contributed by atoms with van der Waals surface area (Å²) in [6.07, 6.45) is 0.259. The van der Waals surface area contributed by atoms with Crippen LogP contribution < -0.4 is 15.2 Å². The lowest BCUT2D eigenvalue weighted by molar-refractivity contribution is 0.159. The first-order chi connectivity index (χ1) is 8.34. The molecule has 0 saturated carbocycles. The SMILES string of the molecule is CCOC(=O)NS(=O)(=O)Nc1cc(C)c(N)cn1. The smallest absolute Gasteiger partial charge is 0.422 e. The van der Waals surface area contributed by atoms with Crippen molar-refractivity contribution in [1.29, 1.82) is 0 Å². The van der Waals surface area contributed by atoms with Crippen LogP contribution >= 0.6 is 0 Å².